The second-order valence-electron chi connectivity index (χ2n) is 6.63. The number of rotatable bonds is 4. The lowest BCUT2D eigenvalue weighted by Gasteiger charge is -2.16. The molecule has 0 saturated heterocycles. The summed E-state index contributed by atoms with van der Waals surface area (Å²) in [5, 5.41) is 3.68. The standard InChI is InChI=1S/C22H13Cl3N2O3/c23-16-7-5-12(9-17(16)24)10-20(28)26-13-6-8-19(18(25)11-13)27-21(29)14-3-1-2-4-15(14)22(27)30/h1-9,11H,10H2,(H,26,28). The number of carbonyl (C=O) groups excluding carboxylic acids is 3. The first kappa shape index (κ1) is 20.4. The molecule has 1 heterocycles. The highest BCUT2D eigenvalue weighted by molar-refractivity contribution is 6.42. The van der Waals surface area contributed by atoms with E-state index in [4.69, 9.17) is 34.8 Å². The van der Waals surface area contributed by atoms with Gasteiger partial charge in [-0.15, -0.1) is 0 Å². The van der Waals surface area contributed by atoms with Gasteiger partial charge in [-0.25, -0.2) is 4.90 Å². The van der Waals surface area contributed by atoms with Gasteiger partial charge in [0, 0.05) is 5.69 Å². The first-order valence-corrected chi connectivity index (χ1v) is 9.99. The van der Waals surface area contributed by atoms with E-state index in [1.807, 2.05) is 0 Å². The molecule has 0 aliphatic carbocycles. The molecule has 0 atom stereocenters. The molecular weight excluding hydrogens is 447 g/mol. The zero-order valence-corrected chi connectivity index (χ0v) is 17.6. The van der Waals surface area contributed by atoms with Crippen LogP contribution < -0.4 is 10.2 Å². The van der Waals surface area contributed by atoms with Crippen molar-refractivity contribution >= 4 is 63.9 Å². The second-order valence-corrected chi connectivity index (χ2v) is 7.85. The van der Waals surface area contributed by atoms with Crippen LogP contribution in [0.1, 0.15) is 26.3 Å². The number of hydrogen-bond donors (Lipinski definition) is 1. The number of carbonyl (C=O) groups is 3. The zero-order chi connectivity index (χ0) is 21.4. The van der Waals surface area contributed by atoms with Gasteiger partial charge in [0.2, 0.25) is 5.91 Å². The Bertz CT molecular complexity index is 1170. The summed E-state index contributed by atoms with van der Waals surface area (Å²) in [5.74, 6) is -1.15. The molecule has 0 spiro atoms. The summed E-state index contributed by atoms with van der Waals surface area (Å²) in [6.45, 7) is 0. The third-order valence-corrected chi connectivity index (χ3v) is 5.66. The van der Waals surface area contributed by atoms with E-state index in [1.165, 1.54) is 12.1 Å². The molecule has 0 radical (unpaired) electrons. The van der Waals surface area contributed by atoms with Crippen LogP contribution >= 0.6 is 34.8 Å². The molecule has 3 aromatic carbocycles. The first-order valence-electron chi connectivity index (χ1n) is 8.86. The summed E-state index contributed by atoms with van der Waals surface area (Å²) < 4.78 is 0. The number of hydrogen-bond acceptors (Lipinski definition) is 3. The molecule has 4 rings (SSSR count). The zero-order valence-electron chi connectivity index (χ0n) is 15.3. The van der Waals surface area contributed by atoms with Crippen molar-refractivity contribution in [2.24, 2.45) is 0 Å². The van der Waals surface area contributed by atoms with E-state index in [9.17, 15) is 14.4 Å². The van der Waals surface area contributed by atoms with Crippen LogP contribution in [0.15, 0.2) is 60.7 Å². The van der Waals surface area contributed by atoms with Gasteiger partial charge in [0.25, 0.3) is 11.8 Å². The highest BCUT2D eigenvalue weighted by Gasteiger charge is 2.37. The maximum atomic E-state index is 12.6. The molecule has 1 aliphatic rings. The lowest BCUT2D eigenvalue weighted by atomic mass is 10.1. The Morgan fingerprint density at radius 3 is 2.07 bits per heavy atom. The van der Waals surface area contributed by atoms with Gasteiger partial charge in [-0.05, 0) is 48.0 Å². The summed E-state index contributed by atoms with van der Waals surface area (Å²) in [6, 6.07) is 16.2. The molecular formula is C22H13Cl3N2O3. The van der Waals surface area contributed by atoms with E-state index in [0.29, 0.717) is 32.4 Å². The Morgan fingerprint density at radius 2 is 1.47 bits per heavy atom. The minimum absolute atomic E-state index is 0.0919. The predicted octanol–water partition coefficient (Wildman–Crippen LogP) is 5.63. The number of benzene rings is 3. The van der Waals surface area contributed by atoms with Gasteiger partial charge in [0.05, 0.1) is 38.3 Å². The Hall–Kier alpha value is -2.86. The molecule has 30 heavy (non-hydrogen) atoms. The van der Waals surface area contributed by atoms with Gasteiger partial charge in [-0.2, -0.15) is 0 Å². The van der Waals surface area contributed by atoms with E-state index in [1.54, 1.807) is 48.5 Å². The van der Waals surface area contributed by atoms with Crippen LogP contribution in [0.4, 0.5) is 11.4 Å². The quantitative estimate of drug-likeness (QED) is 0.514. The third-order valence-electron chi connectivity index (χ3n) is 4.62. The van der Waals surface area contributed by atoms with Crippen LogP contribution in [-0.4, -0.2) is 17.7 Å². The van der Waals surface area contributed by atoms with Crippen LogP contribution in [0.25, 0.3) is 0 Å². The van der Waals surface area contributed by atoms with Crippen molar-refractivity contribution in [3.05, 3.63) is 92.4 Å². The summed E-state index contributed by atoms with van der Waals surface area (Å²) in [6.07, 6.45) is 0.0919. The average Bonchev–Trinajstić information content (AvgIpc) is 2.96. The Balaban J connectivity index is 1.51. The number of nitrogens with zero attached hydrogens (tertiary/aromatic N) is 1. The molecule has 1 aliphatic heterocycles. The molecule has 150 valence electrons. The van der Waals surface area contributed by atoms with Gasteiger partial charge >= 0.3 is 0 Å². The van der Waals surface area contributed by atoms with Gasteiger partial charge in [0.1, 0.15) is 0 Å². The first-order chi connectivity index (χ1) is 14.3. The monoisotopic (exact) mass is 458 g/mol. The molecule has 3 amide bonds. The minimum atomic E-state index is -0.436. The van der Waals surface area contributed by atoms with Gasteiger partial charge in [-0.3, -0.25) is 14.4 Å². The molecule has 3 aromatic rings. The number of imide groups is 1. The van der Waals surface area contributed by atoms with Gasteiger partial charge in [0.15, 0.2) is 0 Å². The molecule has 0 saturated carbocycles. The van der Waals surface area contributed by atoms with Crippen molar-refractivity contribution in [3.8, 4) is 0 Å². The Kier molecular flexibility index (Phi) is 5.52. The number of nitrogens with one attached hydrogen (secondary N) is 1. The predicted molar refractivity (Wildman–Crippen MR) is 118 cm³/mol. The van der Waals surface area contributed by atoms with Gasteiger partial charge in [-0.1, -0.05) is 53.0 Å². The summed E-state index contributed by atoms with van der Waals surface area (Å²) in [4.78, 5) is 38.6. The molecule has 0 unspecified atom stereocenters. The van der Waals surface area contributed by atoms with Crippen molar-refractivity contribution in [2.45, 2.75) is 6.42 Å². The van der Waals surface area contributed by atoms with Crippen LogP contribution in [-0.2, 0) is 11.2 Å². The maximum Gasteiger partial charge on any atom is 0.266 e. The fraction of sp³-hybridized carbons (Fsp3) is 0.0455. The summed E-state index contributed by atoms with van der Waals surface area (Å²) >= 11 is 18.2. The van der Waals surface area contributed by atoms with Crippen molar-refractivity contribution < 1.29 is 14.4 Å². The largest absolute Gasteiger partial charge is 0.326 e. The van der Waals surface area contributed by atoms with Crippen LogP contribution in [0.5, 0.6) is 0 Å². The molecule has 0 bridgehead atoms. The third kappa shape index (κ3) is 3.79. The lowest BCUT2D eigenvalue weighted by molar-refractivity contribution is -0.115. The highest BCUT2D eigenvalue weighted by atomic mass is 35.5. The van der Waals surface area contributed by atoms with Crippen molar-refractivity contribution in [2.75, 3.05) is 10.2 Å². The smallest absolute Gasteiger partial charge is 0.266 e. The van der Waals surface area contributed by atoms with Crippen molar-refractivity contribution in [1.82, 2.24) is 0 Å². The maximum absolute atomic E-state index is 12.6. The lowest BCUT2D eigenvalue weighted by Crippen LogP contribution is -2.29. The molecule has 0 fully saturated rings. The van der Waals surface area contributed by atoms with E-state index in [0.717, 1.165) is 4.90 Å². The van der Waals surface area contributed by atoms with E-state index < -0.39 is 11.8 Å². The van der Waals surface area contributed by atoms with Crippen LogP contribution in [0.3, 0.4) is 0 Å². The molecule has 8 heteroatoms. The van der Waals surface area contributed by atoms with E-state index in [-0.39, 0.29) is 23.0 Å². The number of halogens is 3. The Labute approximate surface area is 187 Å². The van der Waals surface area contributed by atoms with Crippen LogP contribution in [0.2, 0.25) is 15.1 Å². The molecule has 0 aromatic heterocycles. The fourth-order valence-corrected chi connectivity index (χ4v) is 3.80. The average molecular weight is 460 g/mol. The normalized spacial score (nSPS) is 12.8. The SMILES string of the molecule is O=C(Cc1ccc(Cl)c(Cl)c1)Nc1ccc(N2C(=O)c3ccccc3C2=O)c(Cl)c1. The Morgan fingerprint density at radius 1 is 0.800 bits per heavy atom. The van der Waals surface area contributed by atoms with Crippen LogP contribution in [0, 0.1) is 0 Å². The number of amides is 3. The summed E-state index contributed by atoms with van der Waals surface area (Å²) in [7, 11) is 0. The summed E-state index contributed by atoms with van der Waals surface area (Å²) in [5.41, 5.74) is 2.06. The van der Waals surface area contributed by atoms with Crippen molar-refractivity contribution in [1.29, 1.82) is 0 Å². The topological polar surface area (TPSA) is 66.5 Å². The van der Waals surface area contributed by atoms with Crippen molar-refractivity contribution in [3.63, 3.8) is 0 Å². The van der Waals surface area contributed by atoms with Gasteiger partial charge < -0.3 is 5.32 Å². The highest BCUT2D eigenvalue weighted by Crippen LogP contribution is 2.35. The minimum Gasteiger partial charge on any atom is -0.326 e. The molecule has 1 N–H and O–H groups in total. The van der Waals surface area contributed by atoms with E-state index in [2.05, 4.69) is 5.32 Å². The second kappa shape index (κ2) is 8.11. The number of anilines is 2. The molecule has 5 nitrogen and oxygen atoms in total. The number of fused-ring (bicyclic) bond motifs is 1. The van der Waals surface area contributed by atoms with E-state index >= 15 is 0 Å². The fourth-order valence-electron chi connectivity index (χ4n) is 3.21.